The van der Waals surface area contributed by atoms with Crippen LogP contribution in [0.5, 0.6) is 0 Å². The maximum Gasteiger partial charge on any atom is 0.151 e. The number of nitrogens with zero attached hydrogens (tertiary/aromatic N) is 4. The average molecular weight is 363 g/mol. The van der Waals surface area contributed by atoms with Gasteiger partial charge in [0.2, 0.25) is 0 Å². The van der Waals surface area contributed by atoms with E-state index in [1.807, 2.05) is 0 Å². The minimum absolute atomic E-state index is 0.186. The standard InChI is InChI=1S/C17H13ClF2N4O/c18-17-11-4-21-24(15-2-1-9(19)3-13(15)20)16(11)12-5-23(6-14(12)22-17)10-7-25-8-10/h1-4,10H,5-8H2. The zero-order valence-corrected chi connectivity index (χ0v) is 13.8. The number of ether oxygens (including phenoxy) is 1. The Morgan fingerprint density at radius 2 is 2.04 bits per heavy atom. The van der Waals surface area contributed by atoms with Crippen molar-refractivity contribution in [2.45, 2.75) is 19.1 Å². The van der Waals surface area contributed by atoms with Crippen LogP contribution in [-0.2, 0) is 17.8 Å². The molecule has 0 saturated carbocycles. The zero-order chi connectivity index (χ0) is 17.1. The second-order valence-electron chi connectivity index (χ2n) is 6.34. The highest BCUT2D eigenvalue weighted by Crippen LogP contribution is 2.35. The number of aromatic nitrogens is 3. The SMILES string of the molecule is Fc1ccc(-n2ncc3c(Cl)nc4c(c32)CN(C2COC2)C4)c(F)c1. The van der Waals surface area contributed by atoms with E-state index in [4.69, 9.17) is 16.3 Å². The van der Waals surface area contributed by atoms with Crippen LogP contribution < -0.4 is 0 Å². The molecule has 25 heavy (non-hydrogen) atoms. The summed E-state index contributed by atoms with van der Waals surface area (Å²) in [6.07, 6.45) is 1.57. The normalized spacial score (nSPS) is 17.9. The lowest BCUT2D eigenvalue weighted by atomic mass is 10.1. The quantitative estimate of drug-likeness (QED) is 0.657. The van der Waals surface area contributed by atoms with E-state index in [-0.39, 0.29) is 5.69 Å². The van der Waals surface area contributed by atoms with Gasteiger partial charge in [0, 0.05) is 24.7 Å². The molecule has 1 aromatic carbocycles. The van der Waals surface area contributed by atoms with Crippen molar-refractivity contribution in [3.8, 4) is 5.69 Å². The van der Waals surface area contributed by atoms with Crippen molar-refractivity contribution in [2.24, 2.45) is 0 Å². The predicted molar refractivity (Wildman–Crippen MR) is 87.6 cm³/mol. The van der Waals surface area contributed by atoms with Crippen molar-refractivity contribution in [3.05, 3.63) is 52.4 Å². The number of hydrogen-bond donors (Lipinski definition) is 0. The molecule has 0 amide bonds. The third-order valence-electron chi connectivity index (χ3n) is 4.85. The number of benzene rings is 1. The van der Waals surface area contributed by atoms with E-state index in [0.29, 0.717) is 42.9 Å². The second-order valence-corrected chi connectivity index (χ2v) is 6.70. The number of fused-ring (bicyclic) bond motifs is 3. The van der Waals surface area contributed by atoms with Crippen molar-refractivity contribution in [1.29, 1.82) is 0 Å². The molecule has 3 aromatic rings. The maximum absolute atomic E-state index is 14.3. The van der Waals surface area contributed by atoms with Gasteiger partial charge in [-0.15, -0.1) is 0 Å². The molecule has 5 rings (SSSR count). The molecule has 2 aliphatic heterocycles. The Kier molecular flexibility index (Phi) is 3.31. The molecule has 0 spiro atoms. The maximum atomic E-state index is 14.3. The van der Waals surface area contributed by atoms with E-state index >= 15 is 0 Å². The molecule has 2 aliphatic rings. The van der Waals surface area contributed by atoms with Gasteiger partial charge in [-0.1, -0.05) is 11.6 Å². The summed E-state index contributed by atoms with van der Waals surface area (Å²) >= 11 is 6.32. The molecule has 5 nitrogen and oxygen atoms in total. The Morgan fingerprint density at radius 3 is 2.76 bits per heavy atom. The van der Waals surface area contributed by atoms with Crippen LogP contribution in [0.4, 0.5) is 8.78 Å². The lowest BCUT2D eigenvalue weighted by molar-refractivity contribution is -0.0671. The Bertz CT molecular complexity index is 1000. The van der Waals surface area contributed by atoms with Crippen molar-refractivity contribution in [3.63, 3.8) is 0 Å². The van der Waals surface area contributed by atoms with Crippen molar-refractivity contribution < 1.29 is 13.5 Å². The number of rotatable bonds is 2. The predicted octanol–water partition coefficient (Wildman–Crippen LogP) is 3.07. The Labute approximate surface area is 146 Å². The summed E-state index contributed by atoms with van der Waals surface area (Å²) in [7, 11) is 0. The molecule has 0 N–H and O–H groups in total. The molecule has 0 atom stereocenters. The van der Waals surface area contributed by atoms with Gasteiger partial charge in [-0.25, -0.2) is 18.4 Å². The highest BCUT2D eigenvalue weighted by molar-refractivity contribution is 6.34. The van der Waals surface area contributed by atoms with Gasteiger partial charge >= 0.3 is 0 Å². The zero-order valence-electron chi connectivity index (χ0n) is 13.0. The lowest BCUT2D eigenvalue weighted by Crippen LogP contribution is -2.46. The molecule has 1 saturated heterocycles. The van der Waals surface area contributed by atoms with E-state index in [2.05, 4.69) is 15.0 Å². The first-order valence-corrected chi connectivity index (χ1v) is 8.32. The molecule has 0 bridgehead atoms. The Balaban J connectivity index is 1.69. The van der Waals surface area contributed by atoms with Crippen LogP contribution in [0.3, 0.4) is 0 Å². The van der Waals surface area contributed by atoms with Crippen LogP contribution >= 0.6 is 11.6 Å². The lowest BCUT2D eigenvalue weighted by Gasteiger charge is -2.34. The first-order valence-electron chi connectivity index (χ1n) is 7.94. The van der Waals surface area contributed by atoms with Gasteiger partial charge in [-0.3, -0.25) is 4.90 Å². The van der Waals surface area contributed by atoms with Crippen LogP contribution in [0, 0.1) is 11.6 Å². The van der Waals surface area contributed by atoms with E-state index < -0.39 is 11.6 Å². The first-order chi connectivity index (χ1) is 12.1. The molecule has 0 aliphatic carbocycles. The Morgan fingerprint density at radius 1 is 1.20 bits per heavy atom. The number of hydrogen-bond acceptors (Lipinski definition) is 4. The molecule has 0 radical (unpaired) electrons. The number of halogens is 3. The van der Waals surface area contributed by atoms with Crippen LogP contribution in [-0.4, -0.2) is 38.9 Å². The molecule has 2 aromatic heterocycles. The summed E-state index contributed by atoms with van der Waals surface area (Å²) < 4.78 is 34.3. The Hall–Kier alpha value is -2.09. The summed E-state index contributed by atoms with van der Waals surface area (Å²) in [5, 5.41) is 5.29. The monoisotopic (exact) mass is 362 g/mol. The van der Waals surface area contributed by atoms with Gasteiger partial charge in [0.05, 0.1) is 42.0 Å². The largest absolute Gasteiger partial charge is 0.378 e. The molecule has 128 valence electrons. The third kappa shape index (κ3) is 2.27. The van der Waals surface area contributed by atoms with Gasteiger partial charge in [-0.05, 0) is 12.1 Å². The van der Waals surface area contributed by atoms with Crippen molar-refractivity contribution in [1.82, 2.24) is 19.7 Å². The van der Waals surface area contributed by atoms with E-state index in [1.165, 1.54) is 16.8 Å². The third-order valence-corrected chi connectivity index (χ3v) is 5.14. The average Bonchev–Trinajstić information content (AvgIpc) is 3.10. The van der Waals surface area contributed by atoms with E-state index in [1.54, 1.807) is 6.20 Å². The van der Waals surface area contributed by atoms with Gasteiger partial charge < -0.3 is 4.74 Å². The van der Waals surface area contributed by atoms with Gasteiger partial charge in [0.1, 0.15) is 16.7 Å². The fourth-order valence-corrected chi connectivity index (χ4v) is 3.69. The summed E-state index contributed by atoms with van der Waals surface area (Å²) in [6, 6.07) is 3.81. The molecule has 4 heterocycles. The van der Waals surface area contributed by atoms with Gasteiger partial charge in [0.15, 0.2) is 5.82 Å². The highest BCUT2D eigenvalue weighted by atomic mass is 35.5. The highest BCUT2D eigenvalue weighted by Gasteiger charge is 2.34. The summed E-state index contributed by atoms with van der Waals surface area (Å²) in [5.74, 6) is -1.30. The molecule has 0 unspecified atom stereocenters. The molecule has 1 fully saturated rings. The smallest absolute Gasteiger partial charge is 0.151 e. The summed E-state index contributed by atoms with van der Waals surface area (Å²) in [6.45, 7) is 2.77. The topological polar surface area (TPSA) is 43.2 Å². The molecular formula is C17H13ClF2N4O. The van der Waals surface area contributed by atoms with Gasteiger partial charge in [-0.2, -0.15) is 5.10 Å². The fraction of sp³-hybridized carbons (Fsp3) is 0.294. The van der Waals surface area contributed by atoms with Crippen LogP contribution in [0.2, 0.25) is 5.15 Å². The van der Waals surface area contributed by atoms with Crippen molar-refractivity contribution >= 4 is 22.5 Å². The van der Waals surface area contributed by atoms with E-state index in [9.17, 15) is 8.78 Å². The van der Waals surface area contributed by atoms with Crippen LogP contribution in [0.15, 0.2) is 24.4 Å². The van der Waals surface area contributed by atoms with Crippen LogP contribution in [0.1, 0.15) is 11.3 Å². The van der Waals surface area contributed by atoms with Crippen molar-refractivity contribution in [2.75, 3.05) is 13.2 Å². The summed E-state index contributed by atoms with van der Waals surface area (Å²) in [4.78, 5) is 6.77. The molecule has 8 heteroatoms. The first kappa shape index (κ1) is 15.2. The minimum Gasteiger partial charge on any atom is -0.378 e. The van der Waals surface area contributed by atoms with Gasteiger partial charge in [0.25, 0.3) is 0 Å². The summed E-state index contributed by atoms with van der Waals surface area (Å²) in [5.41, 5.74) is 2.76. The van der Waals surface area contributed by atoms with E-state index in [0.717, 1.165) is 22.8 Å². The fourth-order valence-electron chi connectivity index (χ4n) is 3.45. The minimum atomic E-state index is -0.672. The second kappa shape index (κ2) is 5.45. The van der Waals surface area contributed by atoms with Crippen LogP contribution in [0.25, 0.3) is 16.6 Å². The molecular weight excluding hydrogens is 350 g/mol. The number of pyridine rings is 1.